The average molecular weight is 411 g/mol. The number of nitriles is 1. The molecule has 158 valence electrons. The Morgan fingerprint density at radius 1 is 1.27 bits per heavy atom. The zero-order valence-electron chi connectivity index (χ0n) is 17.9. The Kier molecular flexibility index (Phi) is 6.04. The van der Waals surface area contributed by atoms with Gasteiger partial charge in [-0.15, -0.1) is 0 Å². The van der Waals surface area contributed by atoms with Crippen molar-refractivity contribution in [1.29, 1.82) is 5.26 Å². The number of nitrogens with zero attached hydrogens (tertiary/aromatic N) is 2. The van der Waals surface area contributed by atoms with Crippen molar-refractivity contribution in [2.75, 3.05) is 34.9 Å². The minimum atomic E-state index is -0.727. The van der Waals surface area contributed by atoms with Crippen LogP contribution in [0.4, 0.5) is 0 Å². The third kappa shape index (κ3) is 3.72. The van der Waals surface area contributed by atoms with Gasteiger partial charge in [-0.05, 0) is 25.1 Å². The number of ether oxygens (including phenoxy) is 3. The molecule has 8 nitrogen and oxygen atoms in total. The molecule has 0 bridgehead atoms. The summed E-state index contributed by atoms with van der Waals surface area (Å²) in [7, 11) is 7.16. The number of aryl methyl sites for hydroxylation is 1. The lowest BCUT2D eigenvalue weighted by Crippen LogP contribution is -3.06. The Bertz CT molecular complexity index is 1100. The monoisotopic (exact) mass is 411 g/mol. The van der Waals surface area contributed by atoms with Gasteiger partial charge in [0.1, 0.15) is 28.9 Å². The molecule has 3 N–H and O–H groups in total. The number of nitrogens with two attached hydrogens (primary N) is 1. The molecule has 1 unspecified atom stereocenters. The van der Waals surface area contributed by atoms with Crippen molar-refractivity contribution in [3.63, 3.8) is 0 Å². The lowest BCUT2D eigenvalue weighted by atomic mass is 9.83. The molecule has 1 aromatic heterocycles. The van der Waals surface area contributed by atoms with E-state index in [1.165, 1.54) is 12.0 Å². The van der Waals surface area contributed by atoms with E-state index in [9.17, 15) is 10.1 Å². The van der Waals surface area contributed by atoms with Crippen LogP contribution in [0.15, 0.2) is 40.5 Å². The predicted octanol–water partition coefficient (Wildman–Crippen LogP) is 0.537. The van der Waals surface area contributed by atoms with Gasteiger partial charge in [0.2, 0.25) is 5.88 Å². The summed E-state index contributed by atoms with van der Waals surface area (Å²) < 4.78 is 18.3. The summed E-state index contributed by atoms with van der Waals surface area (Å²) in [6.45, 7) is 3.18. The van der Waals surface area contributed by atoms with E-state index >= 15 is 0 Å². The van der Waals surface area contributed by atoms with E-state index in [0.717, 1.165) is 12.2 Å². The molecule has 2 heterocycles. The normalized spacial score (nSPS) is 15.4. The molecule has 2 aromatic rings. The SMILES string of the molecule is COc1ccc(OC)c(C2C(C#N)=C(N)Oc3cc(C)n(CC[NH+](C)C)c(=O)c32)c1. The van der Waals surface area contributed by atoms with Crippen LogP contribution in [0.2, 0.25) is 0 Å². The summed E-state index contributed by atoms with van der Waals surface area (Å²) in [4.78, 5) is 14.8. The Labute approximate surface area is 175 Å². The first kappa shape index (κ1) is 21.3. The van der Waals surface area contributed by atoms with Crippen LogP contribution >= 0.6 is 0 Å². The lowest BCUT2D eigenvalue weighted by molar-refractivity contribution is -0.858. The number of hydrogen-bond acceptors (Lipinski definition) is 6. The van der Waals surface area contributed by atoms with Gasteiger partial charge in [-0.1, -0.05) is 0 Å². The van der Waals surface area contributed by atoms with Crippen LogP contribution in [0.25, 0.3) is 0 Å². The summed E-state index contributed by atoms with van der Waals surface area (Å²) >= 11 is 0. The second kappa shape index (κ2) is 8.51. The van der Waals surface area contributed by atoms with E-state index in [1.807, 2.05) is 21.0 Å². The molecule has 0 radical (unpaired) electrons. The van der Waals surface area contributed by atoms with Crippen molar-refractivity contribution in [2.45, 2.75) is 19.4 Å². The molecule has 1 aliphatic heterocycles. The summed E-state index contributed by atoms with van der Waals surface area (Å²) in [5.41, 5.74) is 7.79. The minimum Gasteiger partial charge on any atom is -0.497 e. The van der Waals surface area contributed by atoms with Gasteiger partial charge >= 0.3 is 0 Å². The van der Waals surface area contributed by atoms with Crippen molar-refractivity contribution < 1.29 is 19.1 Å². The van der Waals surface area contributed by atoms with E-state index in [-0.39, 0.29) is 17.0 Å². The molecule has 0 amide bonds. The number of fused-ring (bicyclic) bond motifs is 1. The molecular weight excluding hydrogens is 384 g/mol. The van der Waals surface area contributed by atoms with E-state index in [4.69, 9.17) is 19.9 Å². The fourth-order valence-electron chi connectivity index (χ4n) is 3.68. The van der Waals surface area contributed by atoms with Crippen molar-refractivity contribution in [2.24, 2.45) is 5.73 Å². The highest BCUT2D eigenvalue weighted by molar-refractivity contribution is 5.59. The second-order valence-electron chi connectivity index (χ2n) is 7.51. The zero-order chi connectivity index (χ0) is 22.0. The van der Waals surface area contributed by atoms with Crippen LogP contribution in [-0.4, -0.2) is 39.4 Å². The molecule has 1 aliphatic rings. The number of nitrogens with one attached hydrogen (secondary N) is 1. The van der Waals surface area contributed by atoms with Crippen LogP contribution in [0, 0.1) is 18.3 Å². The minimum absolute atomic E-state index is 0.0193. The first-order valence-corrected chi connectivity index (χ1v) is 9.65. The number of likely N-dealkylation sites (N-methyl/N-ethyl adjacent to an activating group) is 1. The predicted molar refractivity (Wildman–Crippen MR) is 112 cm³/mol. The second-order valence-corrected chi connectivity index (χ2v) is 7.51. The number of benzene rings is 1. The molecule has 1 aromatic carbocycles. The summed E-state index contributed by atoms with van der Waals surface area (Å²) in [6.07, 6.45) is 0. The summed E-state index contributed by atoms with van der Waals surface area (Å²) in [5.74, 6) is 0.721. The van der Waals surface area contributed by atoms with Gasteiger partial charge in [-0.2, -0.15) is 5.26 Å². The third-order valence-electron chi connectivity index (χ3n) is 5.27. The molecule has 0 saturated carbocycles. The van der Waals surface area contributed by atoms with Crippen LogP contribution in [0.1, 0.15) is 22.7 Å². The maximum Gasteiger partial charge on any atom is 0.258 e. The van der Waals surface area contributed by atoms with Gasteiger partial charge in [0.25, 0.3) is 5.56 Å². The average Bonchev–Trinajstić information content (AvgIpc) is 2.71. The highest BCUT2D eigenvalue weighted by Crippen LogP contribution is 2.44. The molecule has 0 aliphatic carbocycles. The highest BCUT2D eigenvalue weighted by atomic mass is 16.5. The standard InChI is InChI=1S/C22H26N4O4/c1-13-10-18-20(22(27)26(13)9-8-25(2)3)19(16(12-23)21(24)30-18)15-11-14(28-4)6-7-17(15)29-5/h6-7,10-11,19H,8-9,24H2,1-5H3/p+1. The molecule has 0 fully saturated rings. The number of allylic oxidation sites excluding steroid dienone is 1. The molecule has 8 heteroatoms. The zero-order valence-corrected chi connectivity index (χ0v) is 17.9. The first-order valence-electron chi connectivity index (χ1n) is 9.65. The van der Waals surface area contributed by atoms with Gasteiger partial charge in [-0.25, -0.2) is 0 Å². The van der Waals surface area contributed by atoms with Gasteiger partial charge in [0.15, 0.2) is 0 Å². The van der Waals surface area contributed by atoms with Crippen LogP contribution in [0.3, 0.4) is 0 Å². The quantitative estimate of drug-likeness (QED) is 0.719. The Hall–Kier alpha value is -3.44. The van der Waals surface area contributed by atoms with Gasteiger partial charge in [-0.3, -0.25) is 4.79 Å². The Balaban J connectivity index is 2.31. The number of hydrogen-bond donors (Lipinski definition) is 2. The number of quaternary nitrogens is 1. The smallest absolute Gasteiger partial charge is 0.258 e. The summed E-state index contributed by atoms with van der Waals surface area (Å²) in [6, 6.07) is 9.18. The number of rotatable bonds is 6. The molecule has 0 saturated heterocycles. The van der Waals surface area contributed by atoms with E-state index in [0.29, 0.717) is 34.9 Å². The summed E-state index contributed by atoms with van der Waals surface area (Å²) in [5, 5.41) is 9.85. The highest BCUT2D eigenvalue weighted by Gasteiger charge is 2.36. The largest absolute Gasteiger partial charge is 0.497 e. The maximum atomic E-state index is 13.6. The van der Waals surface area contributed by atoms with Crippen LogP contribution in [-0.2, 0) is 6.54 Å². The molecule has 30 heavy (non-hydrogen) atoms. The van der Waals surface area contributed by atoms with Crippen molar-refractivity contribution in [3.8, 4) is 23.3 Å². The number of pyridine rings is 1. The van der Waals surface area contributed by atoms with Gasteiger partial charge in [0.05, 0.1) is 52.9 Å². The Morgan fingerprint density at radius 2 is 2.00 bits per heavy atom. The first-order chi connectivity index (χ1) is 14.3. The molecule has 3 rings (SSSR count). The fraction of sp³-hybridized carbons (Fsp3) is 0.364. The van der Waals surface area contributed by atoms with E-state index in [2.05, 4.69) is 6.07 Å². The van der Waals surface area contributed by atoms with Crippen LogP contribution < -0.4 is 30.4 Å². The molecule has 0 spiro atoms. The fourth-order valence-corrected chi connectivity index (χ4v) is 3.68. The van der Waals surface area contributed by atoms with Crippen molar-refractivity contribution in [1.82, 2.24) is 4.57 Å². The Morgan fingerprint density at radius 3 is 2.60 bits per heavy atom. The maximum absolute atomic E-state index is 13.6. The lowest BCUT2D eigenvalue weighted by Gasteiger charge is -2.28. The van der Waals surface area contributed by atoms with Gasteiger partial charge < -0.3 is 29.4 Å². The third-order valence-corrected chi connectivity index (χ3v) is 5.27. The molecular formula is C22H27N4O4+. The molecule has 1 atom stereocenters. The topological polar surface area (TPSA) is 104 Å². The van der Waals surface area contributed by atoms with Gasteiger partial charge in [0, 0.05) is 17.3 Å². The van der Waals surface area contributed by atoms with Crippen molar-refractivity contribution in [3.05, 3.63) is 62.9 Å². The number of aromatic nitrogens is 1. The number of methoxy groups -OCH3 is 2. The van der Waals surface area contributed by atoms with E-state index in [1.54, 1.807) is 35.9 Å². The van der Waals surface area contributed by atoms with Crippen molar-refractivity contribution >= 4 is 0 Å². The van der Waals surface area contributed by atoms with E-state index < -0.39 is 5.92 Å². The van der Waals surface area contributed by atoms with Crippen LogP contribution in [0.5, 0.6) is 17.2 Å².